The summed E-state index contributed by atoms with van der Waals surface area (Å²) in [6.45, 7) is 2.29. The van der Waals surface area contributed by atoms with Crippen molar-refractivity contribution in [3.8, 4) is 5.75 Å². The molecule has 2 aromatic rings. The summed E-state index contributed by atoms with van der Waals surface area (Å²) in [4.78, 5) is 27.9. The third kappa shape index (κ3) is 5.50. The molecule has 0 aliphatic heterocycles. The summed E-state index contributed by atoms with van der Waals surface area (Å²) in [6.07, 6.45) is 1.50. The molecular weight excluding hydrogens is 356 g/mol. The lowest BCUT2D eigenvalue weighted by Gasteiger charge is -2.10. The van der Waals surface area contributed by atoms with E-state index < -0.39 is 0 Å². The number of thioether (sulfide) groups is 1. The number of likely N-dealkylation sites (N-methyl/N-ethyl adjacent to an activating group) is 1. The summed E-state index contributed by atoms with van der Waals surface area (Å²) in [5, 5.41) is 15.2. The monoisotopic (exact) mass is 378 g/mol. The van der Waals surface area contributed by atoms with Crippen LogP contribution in [0.4, 0.5) is 5.69 Å². The molecule has 0 fully saturated rings. The van der Waals surface area contributed by atoms with Gasteiger partial charge in [-0.3, -0.25) is 9.59 Å². The van der Waals surface area contributed by atoms with Gasteiger partial charge >= 0.3 is 0 Å². The van der Waals surface area contributed by atoms with Crippen molar-refractivity contribution in [1.82, 2.24) is 14.9 Å². The smallest absolute Gasteiger partial charge is 0.239 e. The molecular formula is C17H22N4O4S. The highest BCUT2D eigenvalue weighted by Gasteiger charge is 2.14. The van der Waals surface area contributed by atoms with Gasteiger partial charge in [-0.25, -0.2) is 4.98 Å². The van der Waals surface area contributed by atoms with Crippen LogP contribution in [0.3, 0.4) is 0 Å². The minimum Gasteiger partial charge on any atom is -0.494 e. The highest BCUT2D eigenvalue weighted by atomic mass is 32.2. The van der Waals surface area contributed by atoms with Crippen LogP contribution >= 0.6 is 11.8 Å². The van der Waals surface area contributed by atoms with Gasteiger partial charge in [-0.2, -0.15) is 0 Å². The van der Waals surface area contributed by atoms with Crippen LogP contribution < -0.4 is 15.4 Å². The molecule has 0 saturated carbocycles. The van der Waals surface area contributed by atoms with Crippen LogP contribution in [-0.2, 0) is 22.7 Å². The Hall–Kier alpha value is -2.52. The Morgan fingerprint density at radius 2 is 2.00 bits per heavy atom. The van der Waals surface area contributed by atoms with Crippen LogP contribution in [0.1, 0.15) is 12.6 Å². The molecule has 8 nitrogen and oxygen atoms in total. The van der Waals surface area contributed by atoms with Gasteiger partial charge in [0.25, 0.3) is 0 Å². The summed E-state index contributed by atoms with van der Waals surface area (Å²) in [5.74, 6) is 0.466. The standard InChI is InChI=1S/C17H22N4O4S/c1-3-25-14-6-4-12(5-7-14)20-16(24)11-26-17-19-8-13(10-22)21(17)9-15(23)18-2/h4-8,22H,3,9-11H2,1-2H3,(H,18,23)(H,20,24). The number of hydrogen-bond acceptors (Lipinski definition) is 6. The second-order valence-electron chi connectivity index (χ2n) is 5.24. The highest BCUT2D eigenvalue weighted by Crippen LogP contribution is 2.20. The number of carbonyl (C=O) groups is 2. The van der Waals surface area contributed by atoms with E-state index in [1.165, 1.54) is 25.0 Å². The van der Waals surface area contributed by atoms with E-state index in [0.717, 1.165) is 5.75 Å². The van der Waals surface area contributed by atoms with Crippen LogP contribution in [0, 0.1) is 0 Å². The number of benzene rings is 1. The summed E-state index contributed by atoms with van der Waals surface area (Å²) in [5.41, 5.74) is 1.19. The number of aliphatic hydroxyl groups is 1. The molecule has 0 aliphatic carbocycles. The van der Waals surface area contributed by atoms with E-state index in [9.17, 15) is 14.7 Å². The van der Waals surface area contributed by atoms with Crippen molar-refractivity contribution in [2.75, 3.05) is 24.7 Å². The van der Waals surface area contributed by atoms with Crippen LogP contribution in [0.2, 0.25) is 0 Å². The van der Waals surface area contributed by atoms with E-state index in [-0.39, 0.29) is 30.7 Å². The van der Waals surface area contributed by atoms with E-state index in [4.69, 9.17) is 4.74 Å². The quantitative estimate of drug-likeness (QED) is 0.567. The topological polar surface area (TPSA) is 105 Å². The first-order chi connectivity index (χ1) is 12.6. The molecule has 0 bridgehead atoms. The molecule has 2 rings (SSSR count). The minimum absolute atomic E-state index is 0.0369. The number of aromatic nitrogens is 2. The number of amides is 2. The molecule has 0 radical (unpaired) electrons. The fraction of sp³-hybridized carbons (Fsp3) is 0.353. The second kappa shape index (κ2) is 9.83. The molecule has 0 unspecified atom stereocenters. The molecule has 0 saturated heterocycles. The summed E-state index contributed by atoms with van der Waals surface area (Å²) < 4.78 is 6.95. The Kier molecular flexibility index (Phi) is 7.49. The molecule has 2 amide bonds. The van der Waals surface area contributed by atoms with Gasteiger partial charge in [0.2, 0.25) is 11.8 Å². The van der Waals surface area contributed by atoms with Gasteiger partial charge in [-0.05, 0) is 31.2 Å². The fourth-order valence-corrected chi connectivity index (χ4v) is 2.95. The maximum Gasteiger partial charge on any atom is 0.239 e. The third-order valence-electron chi connectivity index (χ3n) is 3.43. The van der Waals surface area contributed by atoms with Gasteiger partial charge in [0.1, 0.15) is 12.3 Å². The zero-order valence-electron chi connectivity index (χ0n) is 14.7. The minimum atomic E-state index is -0.233. The largest absolute Gasteiger partial charge is 0.494 e. The summed E-state index contributed by atoms with van der Waals surface area (Å²) in [7, 11) is 1.54. The lowest BCUT2D eigenvalue weighted by Crippen LogP contribution is -2.25. The number of rotatable bonds is 9. The lowest BCUT2D eigenvalue weighted by molar-refractivity contribution is -0.121. The van der Waals surface area contributed by atoms with Crippen molar-refractivity contribution in [2.45, 2.75) is 25.2 Å². The maximum absolute atomic E-state index is 12.1. The number of hydrogen-bond donors (Lipinski definition) is 3. The number of aliphatic hydroxyl groups excluding tert-OH is 1. The average Bonchev–Trinajstić information content (AvgIpc) is 3.03. The second-order valence-corrected chi connectivity index (χ2v) is 6.19. The molecule has 0 spiro atoms. The molecule has 1 aromatic heterocycles. The summed E-state index contributed by atoms with van der Waals surface area (Å²) in [6, 6.07) is 7.11. The normalized spacial score (nSPS) is 10.4. The molecule has 1 heterocycles. The fourth-order valence-electron chi connectivity index (χ4n) is 2.15. The first kappa shape index (κ1) is 19.8. The van der Waals surface area contributed by atoms with Crippen LogP contribution in [0.15, 0.2) is 35.6 Å². The predicted molar refractivity (Wildman–Crippen MR) is 99.2 cm³/mol. The van der Waals surface area contributed by atoms with Crippen LogP contribution in [-0.4, -0.2) is 45.9 Å². The van der Waals surface area contributed by atoms with Crippen molar-refractivity contribution >= 4 is 29.3 Å². The predicted octanol–water partition coefficient (Wildman–Crippen LogP) is 1.25. The number of nitrogens with one attached hydrogen (secondary N) is 2. The van der Waals surface area contributed by atoms with Crippen LogP contribution in [0.25, 0.3) is 0 Å². The van der Waals surface area contributed by atoms with Gasteiger partial charge in [0.05, 0.1) is 30.9 Å². The zero-order chi connectivity index (χ0) is 18.9. The Morgan fingerprint density at radius 1 is 1.27 bits per heavy atom. The molecule has 0 atom stereocenters. The van der Waals surface area contributed by atoms with Gasteiger partial charge < -0.3 is 25.0 Å². The number of imidazole rings is 1. The van der Waals surface area contributed by atoms with E-state index in [1.807, 2.05) is 6.92 Å². The lowest BCUT2D eigenvalue weighted by atomic mass is 10.3. The highest BCUT2D eigenvalue weighted by molar-refractivity contribution is 7.99. The SMILES string of the molecule is CCOc1ccc(NC(=O)CSc2ncc(CO)n2CC(=O)NC)cc1. The molecule has 140 valence electrons. The van der Waals surface area contributed by atoms with Gasteiger partial charge in [-0.1, -0.05) is 11.8 Å². The van der Waals surface area contributed by atoms with Gasteiger partial charge in [0, 0.05) is 12.7 Å². The Labute approximate surface area is 156 Å². The zero-order valence-corrected chi connectivity index (χ0v) is 15.5. The molecule has 0 aliphatic rings. The van der Waals surface area contributed by atoms with E-state index in [2.05, 4.69) is 15.6 Å². The van der Waals surface area contributed by atoms with Crippen molar-refractivity contribution in [3.05, 3.63) is 36.2 Å². The summed E-state index contributed by atoms with van der Waals surface area (Å²) >= 11 is 1.20. The molecule has 3 N–H and O–H groups in total. The van der Waals surface area contributed by atoms with Gasteiger partial charge in [0.15, 0.2) is 5.16 Å². The Bertz CT molecular complexity index is 746. The van der Waals surface area contributed by atoms with Crippen molar-refractivity contribution in [3.63, 3.8) is 0 Å². The van der Waals surface area contributed by atoms with E-state index in [1.54, 1.807) is 28.8 Å². The Morgan fingerprint density at radius 3 is 2.62 bits per heavy atom. The number of anilines is 1. The third-order valence-corrected chi connectivity index (χ3v) is 4.42. The Balaban J connectivity index is 1.94. The average molecular weight is 378 g/mol. The number of ether oxygens (including phenoxy) is 1. The number of nitrogens with zero attached hydrogens (tertiary/aromatic N) is 2. The van der Waals surface area contributed by atoms with Crippen molar-refractivity contribution in [1.29, 1.82) is 0 Å². The maximum atomic E-state index is 12.1. The van der Waals surface area contributed by atoms with E-state index in [0.29, 0.717) is 23.1 Å². The molecule has 1 aromatic carbocycles. The van der Waals surface area contributed by atoms with Crippen molar-refractivity contribution in [2.24, 2.45) is 0 Å². The number of carbonyl (C=O) groups excluding carboxylic acids is 2. The molecule has 26 heavy (non-hydrogen) atoms. The van der Waals surface area contributed by atoms with E-state index >= 15 is 0 Å². The molecule has 9 heteroatoms. The first-order valence-corrected chi connectivity index (χ1v) is 9.07. The van der Waals surface area contributed by atoms with Gasteiger partial charge in [-0.15, -0.1) is 0 Å². The first-order valence-electron chi connectivity index (χ1n) is 8.08. The van der Waals surface area contributed by atoms with Crippen LogP contribution in [0.5, 0.6) is 5.75 Å². The van der Waals surface area contributed by atoms with Crippen molar-refractivity contribution < 1.29 is 19.4 Å².